The van der Waals surface area contributed by atoms with Gasteiger partial charge in [-0.25, -0.2) is 0 Å². The molecule has 190 valence electrons. The van der Waals surface area contributed by atoms with Crippen molar-refractivity contribution < 1.29 is 4.57 Å². The first-order chi connectivity index (χ1) is 17.4. The van der Waals surface area contributed by atoms with Gasteiger partial charge >= 0.3 is 0 Å². The Hall–Kier alpha value is -3.65. The van der Waals surface area contributed by atoms with Crippen molar-refractivity contribution in [3.8, 4) is 11.3 Å². The van der Waals surface area contributed by atoms with E-state index in [1.165, 1.54) is 45.0 Å². The zero-order chi connectivity index (χ0) is 26.8. The molecule has 1 aliphatic heterocycles. The Bertz CT molecular complexity index is 1370. The Labute approximate surface area is 224 Å². The van der Waals surface area contributed by atoms with Crippen molar-refractivity contribution in [2.45, 2.75) is 47.0 Å². The van der Waals surface area contributed by atoms with Crippen LogP contribution >= 0.6 is 0 Å². The van der Waals surface area contributed by atoms with Crippen LogP contribution in [0.3, 0.4) is 0 Å². The largest absolute Gasteiger partial charge is 0.344 e. The second kappa shape index (κ2) is 10.4. The van der Waals surface area contributed by atoms with Gasteiger partial charge in [0.2, 0.25) is 11.4 Å². The number of aromatic nitrogens is 1. The molecule has 0 saturated carbocycles. The average molecular weight is 490 g/mol. The Morgan fingerprint density at radius 3 is 1.89 bits per heavy atom. The highest BCUT2D eigenvalue weighted by molar-refractivity contribution is 5.72. The van der Waals surface area contributed by atoms with Gasteiger partial charge in [0.15, 0.2) is 0 Å². The third-order valence-corrected chi connectivity index (χ3v) is 7.09. The van der Waals surface area contributed by atoms with Gasteiger partial charge in [-0.2, -0.15) is 4.57 Å². The fraction of sp³-hybridized carbons (Fsp3) is 0.286. The van der Waals surface area contributed by atoms with Crippen molar-refractivity contribution in [3.63, 3.8) is 0 Å². The van der Waals surface area contributed by atoms with Gasteiger partial charge in [-0.15, -0.1) is 0 Å². The topological polar surface area (TPSA) is 7.12 Å². The Morgan fingerprint density at radius 1 is 0.730 bits per heavy atom. The average Bonchev–Trinajstić information content (AvgIpc) is 2.85. The zero-order valence-electron chi connectivity index (χ0n) is 23.7. The van der Waals surface area contributed by atoms with E-state index in [2.05, 4.69) is 168 Å². The van der Waals surface area contributed by atoms with Crippen molar-refractivity contribution in [2.75, 3.05) is 7.05 Å². The van der Waals surface area contributed by atoms with Gasteiger partial charge in [0.25, 0.3) is 0 Å². The van der Waals surface area contributed by atoms with Crippen molar-refractivity contribution in [2.24, 2.45) is 12.5 Å². The Balaban J connectivity index is 1.76. The lowest BCUT2D eigenvalue weighted by Crippen LogP contribution is -2.36. The summed E-state index contributed by atoms with van der Waals surface area (Å²) in [6.45, 7) is 13.7. The molecule has 2 heterocycles. The minimum absolute atomic E-state index is 0.0577. The van der Waals surface area contributed by atoms with Gasteiger partial charge in [0.1, 0.15) is 7.05 Å². The number of nitrogens with zero attached hydrogens (tertiary/aromatic N) is 2. The molecule has 1 aliphatic rings. The highest BCUT2D eigenvalue weighted by Crippen LogP contribution is 2.36. The van der Waals surface area contributed by atoms with E-state index in [0.717, 1.165) is 0 Å². The normalized spacial score (nSPS) is 15.8. The molecule has 0 amide bonds. The molecule has 0 N–H and O–H groups in total. The first-order valence-corrected chi connectivity index (χ1v) is 13.2. The molecule has 2 nitrogen and oxygen atoms in total. The highest BCUT2D eigenvalue weighted by Gasteiger charge is 2.24. The highest BCUT2D eigenvalue weighted by atomic mass is 15.1. The summed E-state index contributed by atoms with van der Waals surface area (Å²) in [5.74, 6) is 0. The van der Waals surface area contributed by atoms with Crippen molar-refractivity contribution in [1.29, 1.82) is 0 Å². The van der Waals surface area contributed by atoms with E-state index in [4.69, 9.17) is 0 Å². The maximum Gasteiger partial charge on any atom is 0.213 e. The fourth-order valence-electron chi connectivity index (χ4n) is 4.56. The fourth-order valence-corrected chi connectivity index (χ4v) is 4.56. The Kier molecular flexibility index (Phi) is 7.41. The lowest BCUT2D eigenvalue weighted by Gasteiger charge is -2.32. The maximum absolute atomic E-state index is 2.33. The Morgan fingerprint density at radius 2 is 1.32 bits per heavy atom. The van der Waals surface area contributed by atoms with Crippen LogP contribution in [0.1, 0.15) is 58.4 Å². The molecule has 2 aromatic carbocycles. The molecule has 0 spiro atoms. The second-order valence-electron chi connectivity index (χ2n) is 12.0. The number of allylic oxidation sites excluding steroid dienone is 5. The zero-order valence-corrected chi connectivity index (χ0v) is 23.7. The maximum atomic E-state index is 2.33. The molecule has 0 saturated heterocycles. The first-order valence-electron chi connectivity index (χ1n) is 13.2. The molecule has 2 heteroatoms. The van der Waals surface area contributed by atoms with Crippen LogP contribution < -0.4 is 4.57 Å². The lowest BCUT2D eigenvalue weighted by molar-refractivity contribution is -0.662. The van der Waals surface area contributed by atoms with Crippen molar-refractivity contribution in [1.82, 2.24) is 4.90 Å². The molecule has 0 unspecified atom stereocenters. The molecule has 3 aromatic rings. The summed E-state index contributed by atoms with van der Waals surface area (Å²) < 4.78 is 2.29. The second-order valence-corrected chi connectivity index (χ2v) is 12.0. The predicted octanol–water partition coefficient (Wildman–Crippen LogP) is 8.33. The van der Waals surface area contributed by atoms with E-state index >= 15 is 0 Å². The smallest absolute Gasteiger partial charge is 0.213 e. The van der Waals surface area contributed by atoms with Crippen molar-refractivity contribution >= 4 is 11.8 Å². The van der Waals surface area contributed by atoms with E-state index in [1.807, 2.05) is 0 Å². The summed E-state index contributed by atoms with van der Waals surface area (Å²) >= 11 is 0. The molecule has 0 radical (unpaired) electrons. The minimum Gasteiger partial charge on any atom is -0.344 e. The van der Waals surface area contributed by atoms with Crippen LogP contribution in [0.5, 0.6) is 0 Å². The summed E-state index contributed by atoms with van der Waals surface area (Å²) in [5.41, 5.74) is 10.0. The number of rotatable bonds is 4. The quantitative estimate of drug-likeness (QED) is 0.334. The van der Waals surface area contributed by atoms with Crippen LogP contribution in [0.4, 0.5) is 0 Å². The summed E-state index contributed by atoms with van der Waals surface area (Å²) in [5, 5.41) is 0. The van der Waals surface area contributed by atoms with Gasteiger partial charge in [-0.05, 0) is 57.9 Å². The molecule has 37 heavy (non-hydrogen) atoms. The van der Waals surface area contributed by atoms with Crippen LogP contribution in [-0.4, -0.2) is 11.9 Å². The van der Waals surface area contributed by atoms with Crippen LogP contribution in [0.2, 0.25) is 0 Å². The summed E-state index contributed by atoms with van der Waals surface area (Å²) in [4.78, 5) is 2.29. The van der Waals surface area contributed by atoms with E-state index in [-0.39, 0.29) is 10.8 Å². The molecular formula is C35H41N2+. The van der Waals surface area contributed by atoms with Gasteiger partial charge in [-0.1, -0.05) is 96.1 Å². The lowest BCUT2D eigenvalue weighted by atomic mass is 9.83. The van der Waals surface area contributed by atoms with Gasteiger partial charge < -0.3 is 4.90 Å². The monoisotopic (exact) mass is 489 g/mol. The van der Waals surface area contributed by atoms with Crippen LogP contribution in [0.15, 0.2) is 108 Å². The van der Waals surface area contributed by atoms with E-state index in [1.54, 1.807) is 0 Å². The third kappa shape index (κ3) is 6.02. The van der Waals surface area contributed by atoms with Gasteiger partial charge in [0, 0.05) is 42.2 Å². The summed E-state index contributed by atoms with van der Waals surface area (Å²) in [6.07, 6.45) is 11.3. The van der Waals surface area contributed by atoms with Crippen LogP contribution in [-0.2, 0) is 12.5 Å². The standard InChI is InChI=1S/C35H41N2/c1-34(2,3)28-22-30(36(7)32(24-28)26-16-11-9-12-17-26)20-15-21-31-23-29(35(4,5)6)25-33(37(31)8)27-18-13-10-14-19-27/h9-25H,1-8H3/q+1. The third-order valence-electron chi connectivity index (χ3n) is 7.09. The number of hydrogen-bond donors (Lipinski definition) is 0. The molecule has 0 aliphatic carbocycles. The number of pyridine rings is 1. The van der Waals surface area contributed by atoms with Gasteiger partial charge in [-0.3, -0.25) is 0 Å². The summed E-state index contributed by atoms with van der Waals surface area (Å²) in [6, 6.07) is 26.0. The number of hydrogen-bond acceptors (Lipinski definition) is 1. The minimum atomic E-state index is 0.0577. The van der Waals surface area contributed by atoms with E-state index < -0.39 is 0 Å². The molecule has 0 bridgehead atoms. The summed E-state index contributed by atoms with van der Waals surface area (Å²) in [7, 11) is 4.31. The molecule has 4 rings (SSSR count). The van der Waals surface area contributed by atoms with Crippen molar-refractivity contribution in [3.05, 3.63) is 125 Å². The van der Waals surface area contributed by atoms with E-state index in [0.29, 0.717) is 0 Å². The van der Waals surface area contributed by atoms with Crippen LogP contribution in [0.25, 0.3) is 23.0 Å². The number of likely N-dealkylation sites (N-methyl/N-ethyl adjacent to an activating group) is 1. The van der Waals surface area contributed by atoms with Crippen LogP contribution in [0, 0.1) is 5.41 Å². The number of benzene rings is 2. The molecular weight excluding hydrogens is 448 g/mol. The first kappa shape index (κ1) is 26.4. The van der Waals surface area contributed by atoms with E-state index in [9.17, 15) is 0 Å². The predicted molar refractivity (Wildman–Crippen MR) is 159 cm³/mol. The molecule has 0 fully saturated rings. The molecule has 0 atom stereocenters. The SMILES string of the molecule is CN1C(c2ccccc2)=CC(C(C)(C)C)=C/C1=C\C=C\c1cc(C(C)(C)C)cc(-c2ccccc2)[n+]1C. The molecule has 1 aromatic heterocycles. The van der Waals surface area contributed by atoms with Gasteiger partial charge in [0.05, 0.1) is 0 Å².